The first-order valence-electron chi connectivity index (χ1n) is 7.92. The number of carbonyl (C=O) groups excluding carboxylic acids is 2. The number of hydrogen-bond acceptors (Lipinski definition) is 6. The maximum Gasteiger partial charge on any atom is 0.338 e. The standard InChI is InChI=1S/C18H18FN3O5/c1-21(2)15-8-7-12(9-16(15)22(25)26)18(24)27-11-17(23)20-10-13-5-3-4-6-14(13)19/h3-9H,10-11H2,1-2H3,(H,20,23). The molecular weight excluding hydrogens is 357 g/mol. The van der Waals surface area contributed by atoms with Crippen LogP contribution in [-0.2, 0) is 16.1 Å². The van der Waals surface area contributed by atoms with Crippen molar-refractivity contribution in [1.29, 1.82) is 0 Å². The second-order valence-corrected chi connectivity index (χ2v) is 5.80. The number of nitro benzene ring substituents is 1. The average molecular weight is 375 g/mol. The Bertz CT molecular complexity index is 870. The summed E-state index contributed by atoms with van der Waals surface area (Å²) in [6.07, 6.45) is 0. The average Bonchev–Trinajstić information content (AvgIpc) is 2.64. The van der Waals surface area contributed by atoms with E-state index < -0.39 is 29.2 Å². The molecule has 2 aromatic carbocycles. The number of ether oxygens (including phenoxy) is 1. The second kappa shape index (κ2) is 8.75. The largest absolute Gasteiger partial charge is 0.452 e. The van der Waals surface area contributed by atoms with Gasteiger partial charge in [0, 0.05) is 32.3 Å². The van der Waals surface area contributed by atoms with Crippen LogP contribution in [-0.4, -0.2) is 37.5 Å². The van der Waals surface area contributed by atoms with E-state index in [4.69, 9.17) is 4.74 Å². The lowest BCUT2D eigenvalue weighted by Crippen LogP contribution is -2.28. The van der Waals surface area contributed by atoms with Crippen molar-refractivity contribution in [2.24, 2.45) is 0 Å². The summed E-state index contributed by atoms with van der Waals surface area (Å²) in [5, 5.41) is 13.6. The zero-order valence-electron chi connectivity index (χ0n) is 14.8. The molecule has 2 rings (SSSR count). The molecule has 2 aromatic rings. The van der Waals surface area contributed by atoms with Crippen LogP contribution in [0.25, 0.3) is 0 Å². The van der Waals surface area contributed by atoms with Crippen LogP contribution in [0.5, 0.6) is 0 Å². The van der Waals surface area contributed by atoms with Gasteiger partial charge in [-0.3, -0.25) is 14.9 Å². The minimum absolute atomic E-state index is 0.0470. The summed E-state index contributed by atoms with van der Waals surface area (Å²) in [5.74, 6) is -1.95. The molecule has 0 aliphatic rings. The van der Waals surface area contributed by atoms with Crippen molar-refractivity contribution in [1.82, 2.24) is 5.32 Å². The molecule has 9 heteroatoms. The van der Waals surface area contributed by atoms with Crippen LogP contribution in [0.1, 0.15) is 15.9 Å². The Labute approximate surface area is 154 Å². The van der Waals surface area contributed by atoms with Crippen LogP contribution < -0.4 is 10.2 Å². The quantitative estimate of drug-likeness (QED) is 0.453. The Morgan fingerprint density at radius 2 is 1.93 bits per heavy atom. The first-order valence-corrected chi connectivity index (χ1v) is 7.92. The van der Waals surface area contributed by atoms with Gasteiger partial charge < -0.3 is 15.0 Å². The Morgan fingerprint density at radius 1 is 1.22 bits per heavy atom. The SMILES string of the molecule is CN(C)c1ccc(C(=O)OCC(=O)NCc2ccccc2F)cc1[N+](=O)[O-]. The van der Waals surface area contributed by atoms with Gasteiger partial charge in [-0.05, 0) is 18.2 Å². The molecule has 0 fully saturated rings. The van der Waals surface area contributed by atoms with Crippen molar-refractivity contribution >= 4 is 23.3 Å². The van der Waals surface area contributed by atoms with E-state index in [-0.39, 0.29) is 17.8 Å². The third kappa shape index (κ3) is 5.24. The Kier molecular flexibility index (Phi) is 6.42. The molecule has 0 saturated heterocycles. The first-order chi connectivity index (χ1) is 12.8. The molecule has 0 radical (unpaired) electrons. The van der Waals surface area contributed by atoms with Gasteiger partial charge in [0.2, 0.25) is 0 Å². The number of benzene rings is 2. The summed E-state index contributed by atoms with van der Waals surface area (Å²) < 4.78 is 18.3. The summed E-state index contributed by atoms with van der Waals surface area (Å²) in [6, 6.07) is 9.85. The summed E-state index contributed by atoms with van der Waals surface area (Å²) in [6.45, 7) is -0.636. The highest BCUT2D eigenvalue weighted by Crippen LogP contribution is 2.27. The molecule has 8 nitrogen and oxygen atoms in total. The highest BCUT2D eigenvalue weighted by Gasteiger charge is 2.20. The fourth-order valence-electron chi connectivity index (χ4n) is 2.28. The topological polar surface area (TPSA) is 102 Å². The fourth-order valence-corrected chi connectivity index (χ4v) is 2.28. The number of anilines is 1. The van der Waals surface area contributed by atoms with Gasteiger partial charge in [-0.2, -0.15) is 0 Å². The summed E-state index contributed by atoms with van der Waals surface area (Å²) >= 11 is 0. The highest BCUT2D eigenvalue weighted by atomic mass is 19.1. The molecule has 142 valence electrons. The maximum absolute atomic E-state index is 13.5. The molecule has 0 spiro atoms. The van der Waals surface area contributed by atoms with E-state index in [1.807, 2.05) is 0 Å². The van der Waals surface area contributed by atoms with E-state index in [9.17, 15) is 24.1 Å². The normalized spacial score (nSPS) is 10.2. The number of halogens is 1. The maximum atomic E-state index is 13.5. The van der Waals surface area contributed by atoms with Crippen LogP contribution in [0.2, 0.25) is 0 Å². The van der Waals surface area contributed by atoms with Crippen LogP contribution in [0.4, 0.5) is 15.8 Å². The molecule has 0 aliphatic carbocycles. The van der Waals surface area contributed by atoms with Crippen molar-refractivity contribution < 1.29 is 23.6 Å². The van der Waals surface area contributed by atoms with Crippen molar-refractivity contribution in [3.8, 4) is 0 Å². The molecule has 0 unspecified atom stereocenters. The van der Waals surface area contributed by atoms with E-state index in [1.54, 1.807) is 25.1 Å². The van der Waals surface area contributed by atoms with E-state index >= 15 is 0 Å². The molecule has 0 aromatic heterocycles. The van der Waals surface area contributed by atoms with Gasteiger partial charge in [-0.1, -0.05) is 18.2 Å². The third-order valence-corrected chi connectivity index (χ3v) is 3.66. The van der Waals surface area contributed by atoms with Crippen LogP contribution >= 0.6 is 0 Å². The smallest absolute Gasteiger partial charge is 0.338 e. The van der Waals surface area contributed by atoms with E-state index in [0.29, 0.717) is 11.3 Å². The van der Waals surface area contributed by atoms with E-state index in [0.717, 1.165) is 6.07 Å². The number of nitrogens with zero attached hydrogens (tertiary/aromatic N) is 2. The van der Waals surface area contributed by atoms with Crippen LogP contribution in [0.15, 0.2) is 42.5 Å². The molecular formula is C18H18FN3O5. The van der Waals surface area contributed by atoms with Crippen molar-refractivity contribution in [3.63, 3.8) is 0 Å². The van der Waals surface area contributed by atoms with Crippen molar-refractivity contribution in [2.45, 2.75) is 6.54 Å². The Balaban J connectivity index is 1.95. The lowest BCUT2D eigenvalue weighted by Gasteiger charge is -2.13. The van der Waals surface area contributed by atoms with Crippen LogP contribution in [0.3, 0.4) is 0 Å². The zero-order chi connectivity index (χ0) is 20.0. The molecule has 27 heavy (non-hydrogen) atoms. The fraction of sp³-hybridized carbons (Fsp3) is 0.222. The van der Waals surface area contributed by atoms with Gasteiger partial charge >= 0.3 is 5.97 Å². The van der Waals surface area contributed by atoms with Crippen molar-refractivity contribution in [2.75, 3.05) is 25.6 Å². The summed E-state index contributed by atoms with van der Waals surface area (Å²) in [4.78, 5) is 35.9. The summed E-state index contributed by atoms with van der Waals surface area (Å²) in [7, 11) is 3.28. The second-order valence-electron chi connectivity index (χ2n) is 5.80. The van der Waals surface area contributed by atoms with Gasteiger partial charge in [0.15, 0.2) is 6.61 Å². The highest BCUT2D eigenvalue weighted by molar-refractivity contribution is 5.93. The van der Waals surface area contributed by atoms with Gasteiger partial charge in [-0.25, -0.2) is 9.18 Å². The minimum atomic E-state index is -0.871. The van der Waals surface area contributed by atoms with E-state index in [1.165, 1.54) is 30.3 Å². The van der Waals surface area contributed by atoms with Gasteiger partial charge in [0.1, 0.15) is 11.5 Å². The Morgan fingerprint density at radius 3 is 2.56 bits per heavy atom. The first kappa shape index (κ1) is 19.8. The number of esters is 1. The lowest BCUT2D eigenvalue weighted by atomic mass is 10.1. The lowest BCUT2D eigenvalue weighted by molar-refractivity contribution is -0.384. The number of rotatable bonds is 7. The monoisotopic (exact) mass is 375 g/mol. The Hall–Kier alpha value is -3.49. The molecule has 0 bridgehead atoms. The predicted octanol–water partition coefficient (Wildman–Crippen LogP) is 2.27. The third-order valence-electron chi connectivity index (χ3n) is 3.66. The predicted molar refractivity (Wildman–Crippen MR) is 96.0 cm³/mol. The minimum Gasteiger partial charge on any atom is -0.452 e. The van der Waals surface area contributed by atoms with Gasteiger partial charge in [-0.15, -0.1) is 0 Å². The molecule has 1 N–H and O–H groups in total. The number of nitro groups is 1. The number of carbonyl (C=O) groups is 2. The van der Waals surface area contributed by atoms with Gasteiger partial charge in [0.25, 0.3) is 11.6 Å². The van der Waals surface area contributed by atoms with Gasteiger partial charge in [0.05, 0.1) is 10.5 Å². The number of nitrogens with one attached hydrogen (secondary N) is 1. The molecule has 0 atom stereocenters. The number of hydrogen-bond donors (Lipinski definition) is 1. The molecule has 0 saturated carbocycles. The van der Waals surface area contributed by atoms with E-state index in [2.05, 4.69) is 5.32 Å². The van der Waals surface area contributed by atoms with Crippen molar-refractivity contribution in [3.05, 3.63) is 69.5 Å². The molecule has 0 aliphatic heterocycles. The molecule has 0 heterocycles. The zero-order valence-corrected chi connectivity index (χ0v) is 14.8. The molecule has 1 amide bonds. The number of amides is 1. The van der Waals surface area contributed by atoms with Crippen LogP contribution in [0, 0.1) is 15.9 Å². The summed E-state index contributed by atoms with van der Waals surface area (Å²) in [5.41, 5.74) is 0.332.